The van der Waals surface area contributed by atoms with Crippen molar-refractivity contribution < 1.29 is 9.59 Å². The average Bonchev–Trinajstić information content (AvgIpc) is 3.10. The van der Waals surface area contributed by atoms with E-state index in [0.717, 1.165) is 36.3 Å². The highest BCUT2D eigenvalue weighted by Gasteiger charge is 2.30. The summed E-state index contributed by atoms with van der Waals surface area (Å²) in [6.45, 7) is 5.74. The first-order valence-electron chi connectivity index (χ1n) is 9.05. The summed E-state index contributed by atoms with van der Waals surface area (Å²) in [4.78, 5) is 27.3. The van der Waals surface area contributed by atoms with Crippen molar-refractivity contribution in [1.29, 1.82) is 0 Å². The predicted molar refractivity (Wildman–Crippen MR) is 107 cm³/mol. The summed E-state index contributed by atoms with van der Waals surface area (Å²) < 4.78 is 0. The first-order valence-corrected chi connectivity index (χ1v) is 9.05. The third kappa shape index (κ3) is 4.67. The minimum atomic E-state index is -0.591. The summed E-state index contributed by atoms with van der Waals surface area (Å²) in [5, 5.41) is 13.4. The molecular weight excluding hydrogens is 366 g/mol. The van der Waals surface area contributed by atoms with Crippen LogP contribution in [0.15, 0.2) is 30.3 Å². The van der Waals surface area contributed by atoms with Crippen LogP contribution in [0.3, 0.4) is 0 Å². The number of carbonyl (C=O) groups excluding carboxylic acids is 2. The summed E-state index contributed by atoms with van der Waals surface area (Å²) in [6, 6.07) is 8.67. The summed E-state index contributed by atoms with van der Waals surface area (Å²) in [7, 11) is 0. The molecule has 1 aromatic heterocycles. The molecule has 0 aliphatic carbocycles. The van der Waals surface area contributed by atoms with Gasteiger partial charge >= 0.3 is 0 Å². The third-order valence-corrected chi connectivity index (χ3v) is 4.62. The first-order chi connectivity index (χ1) is 12.6. The second-order valence-electron chi connectivity index (χ2n) is 6.49. The highest BCUT2D eigenvalue weighted by Crippen LogP contribution is 2.19. The van der Waals surface area contributed by atoms with Gasteiger partial charge in [0.05, 0.1) is 0 Å². The van der Waals surface area contributed by atoms with Crippen molar-refractivity contribution >= 4 is 29.9 Å². The number of carbonyl (C=O) groups is 2. The number of nitrogens with one attached hydrogen (secondary N) is 3. The number of hydrogen-bond acceptors (Lipinski definition) is 4. The van der Waals surface area contributed by atoms with Crippen molar-refractivity contribution in [3.05, 3.63) is 47.3 Å². The van der Waals surface area contributed by atoms with E-state index in [-0.39, 0.29) is 24.2 Å². The Morgan fingerprint density at radius 3 is 2.74 bits per heavy atom. The Kier molecular flexibility index (Phi) is 7.38. The normalized spacial score (nSPS) is 13.9. The standard InChI is InChI=1S/C19H25N5O2.ClH/c1-3-11-24(13(2)18(25)21-14-7-5-4-6-8-14)19(26)17-15-12-20-10-9-16(15)22-23-17;/h4-8,13,20H,3,9-12H2,1-2H3,(H,21,25)(H,22,23);1H. The van der Waals surface area contributed by atoms with Gasteiger partial charge in [-0.15, -0.1) is 12.4 Å². The average molecular weight is 392 g/mol. The van der Waals surface area contributed by atoms with Gasteiger partial charge in [0.25, 0.3) is 5.91 Å². The Morgan fingerprint density at radius 2 is 2.04 bits per heavy atom. The maximum Gasteiger partial charge on any atom is 0.275 e. The number of anilines is 1. The van der Waals surface area contributed by atoms with Crippen molar-refractivity contribution in [3.8, 4) is 0 Å². The van der Waals surface area contributed by atoms with Gasteiger partial charge in [-0.3, -0.25) is 14.7 Å². The molecule has 1 aliphatic rings. The lowest BCUT2D eigenvalue weighted by atomic mass is 10.1. The fourth-order valence-corrected chi connectivity index (χ4v) is 3.16. The van der Waals surface area contributed by atoms with Crippen molar-refractivity contribution in [2.75, 3.05) is 18.4 Å². The Morgan fingerprint density at radius 1 is 1.30 bits per heavy atom. The molecule has 2 amide bonds. The molecule has 2 aromatic rings. The van der Waals surface area contributed by atoms with E-state index in [2.05, 4.69) is 20.8 Å². The molecule has 7 nitrogen and oxygen atoms in total. The van der Waals surface area contributed by atoms with Crippen molar-refractivity contribution in [1.82, 2.24) is 20.4 Å². The van der Waals surface area contributed by atoms with Crippen LogP contribution in [0.2, 0.25) is 0 Å². The summed E-state index contributed by atoms with van der Waals surface area (Å²) in [6.07, 6.45) is 1.59. The van der Waals surface area contributed by atoms with Crippen LogP contribution in [-0.2, 0) is 17.8 Å². The maximum absolute atomic E-state index is 13.1. The van der Waals surface area contributed by atoms with Crippen LogP contribution >= 0.6 is 12.4 Å². The molecule has 27 heavy (non-hydrogen) atoms. The van der Waals surface area contributed by atoms with Gasteiger partial charge in [0.2, 0.25) is 5.91 Å². The van der Waals surface area contributed by atoms with E-state index in [1.54, 1.807) is 11.8 Å². The molecule has 0 fully saturated rings. The lowest BCUT2D eigenvalue weighted by molar-refractivity contribution is -0.120. The summed E-state index contributed by atoms with van der Waals surface area (Å²) >= 11 is 0. The third-order valence-electron chi connectivity index (χ3n) is 4.62. The van der Waals surface area contributed by atoms with E-state index >= 15 is 0 Å². The van der Waals surface area contributed by atoms with Crippen LogP contribution in [0.25, 0.3) is 0 Å². The molecule has 8 heteroatoms. The number of hydrogen-bond donors (Lipinski definition) is 3. The Bertz CT molecular complexity index is 778. The quantitative estimate of drug-likeness (QED) is 0.705. The number of rotatable bonds is 6. The van der Waals surface area contributed by atoms with Crippen LogP contribution in [-0.4, -0.2) is 46.0 Å². The van der Waals surface area contributed by atoms with Crippen LogP contribution in [0.5, 0.6) is 0 Å². The zero-order valence-corrected chi connectivity index (χ0v) is 16.4. The van der Waals surface area contributed by atoms with E-state index in [9.17, 15) is 9.59 Å². The number of H-pyrrole nitrogens is 1. The second-order valence-corrected chi connectivity index (χ2v) is 6.49. The number of aromatic nitrogens is 2. The smallest absolute Gasteiger partial charge is 0.275 e. The van der Waals surface area contributed by atoms with Gasteiger partial charge in [-0.2, -0.15) is 5.10 Å². The molecule has 3 N–H and O–H groups in total. The maximum atomic E-state index is 13.1. The predicted octanol–water partition coefficient (Wildman–Crippen LogP) is 2.36. The Balaban J connectivity index is 0.00000261. The molecule has 3 rings (SSSR count). The Labute approximate surface area is 165 Å². The first kappa shape index (κ1) is 20.9. The minimum absolute atomic E-state index is 0. The van der Waals surface area contributed by atoms with E-state index < -0.39 is 6.04 Å². The SMILES string of the molecule is CCCN(C(=O)c1n[nH]c2c1CNCC2)C(C)C(=O)Nc1ccccc1.Cl. The van der Waals surface area contributed by atoms with Gasteiger partial charge in [-0.1, -0.05) is 25.1 Å². The molecule has 0 saturated heterocycles. The van der Waals surface area contributed by atoms with Crippen LogP contribution in [0, 0.1) is 0 Å². The number of aromatic amines is 1. The topological polar surface area (TPSA) is 90.1 Å². The van der Waals surface area contributed by atoms with E-state index in [1.165, 1.54) is 0 Å². The number of nitrogens with zero attached hydrogens (tertiary/aromatic N) is 2. The van der Waals surface area contributed by atoms with E-state index in [4.69, 9.17) is 0 Å². The van der Waals surface area contributed by atoms with Gasteiger partial charge in [0, 0.05) is 43.0 Å². The highest BCUT2D eigenvalue weighted by atomic mass is 35.5. The molecule has 1 atom stereocenters. The fraction of sp³-hybridized carbons (Fsp3) is 0.421. The molecular formula is C19H26ClN5O2. The summed E-state index contributed by atoms with van der Waals surface area (Å²) in [5.74, 6) is -0.413. The van der Waals surface area contributed by atoms with Crippen molar-refractivity contribution in [3.63, 3.8) is 0 Å². The lowest BCUT2D eigenvalue weighted by Crippen LogP contribution is -2.46. The Hall–Kier alpha value is -2.38. The van der Waals surface area contributed by atoms with Crippen molar-refractivity contribution in [2.24, 2.45) is 0 Å². The number of halogens is 1. The van der Waals surface area contributed by atoms with Crippen LogP contribution in [0.4, 0.5) is 5.69 Å². The molecule has 1 aromatic carbocycles. The molecule has 2 heterocycles. The van der Waals surface area contributed by atoms with E-state index in [0.29, 0.717) is 18.8 Å². The van der Waals surface area contributed by atoms with Gasteiger partial charge < -0.3 is 15.5 Å². The number of benzene rings is 1. The highest BCUT2D eigenvalue weighted by molar-refractivity contribution is 6.00. The molecule has 0 bridgehead atoms. The molecule has 1 unspecified atom stereocenters. The molecule has 0 spiro atoms. The van der Waals surface area contributed by atoms with Crippen molar-refractivity contribution in [2.45, 2.75) is 39.3 Å². The van der Waals surface area contributed by atoms with Gasteiger partial charge in [0.1, 0.15) is 6.04 Å². The zero-order valence-electron chi connectivity index (χ0n) is 15.6. The number of para-hydroxylation sites is 1. The van der Waals surface area contributed by atoms with E-state index in [1.807, 2.05) is 37.3 Å². The monoisotopic (exact) mass is 391 g/mol. The number of amides is 2. The van der Waals surface area contributed by atoms with Gasteiger partial charge in [-0.05, 0) is 25.5 Å². The van der Waals surface area contributed by atoms with Crippen LogP contribution in [0.1, 0.15) is 42.0 Å². The largest absolute Gasteiger partial charge is 0.325 e. The summed E-state index contributed by atoms with van der Waals surface area (Å²) in [5.41, 5.74) is 3.05. The van der Waals surface area contributed by atoms with Gasteiger partial charge in [-0.25, -0.2) is 0 Å². The molecule has 0 radical (unpaired) electrons. The van der Waals surface area contributed by atoms with Gasteiger partial charge in [0.15, 0.2) is 5.69 Å². The lowest BCUT2D eigenvalue weighted by Gasteiger charge is -2.28. The number of fused-ring (bicyclic) bond motifs is 1. The molecule has 0 saturated carbocycles. The molecule has 146 valence electrons. The zero-order chi connectivity index (χ0) is 18.5. The minimum Gasteiger partial charge on any atom is -0.325 e. The second kappa shape index (κ2) is 9.53. The van der Waals surface area contributed by atoms with Crippen LogP contribution < -0.4 is 10.6 Å². The molecule has 1 aliphatic heterocycles. The fourth-order valence-electron chi connectivity index (χ4n) is 3.16.